The second kappa shape index (κ2) is 4.68. The Bertz CT molecular complexity index is 847. The van der Waals surface area contributed by atoms with E-state index in [1.165, 1.54) is 6.33 Å². The molecule has 0 saturated carbocycles. The molecule has 12 heteroatoms. The van der Waals surface area contributed by atoms with Crippen LogP contribution in [0.15, 0.2) is 36.5 Å². The molecule has 2 aromatic rings. The largest absolute Gasteiger partial charge is 0.311 e. The molecule has 2 aliphatic rings. The summed E-state index contributed by atoms with van der Waals surface area (Å²) < 4.78 is 0. The minimum atomic E-state index is -0.435. The summed E-state index contributed by atoms with van der Waals surface area (Å²) >= 11 is 0. The number of rotatable bonds is 0. The molecular weight excluding hydrogens is 268 g/mol. The topological polar surface area (TPSA) is 166 Å². The highest BCUT2D eigenvalue weighted by Crippen LogP contribution is 2.03. The second-order valence-electron chi connectivity index (χ2n) is 3.37. The lowest BCUT2D eigenvalue weighted by molar-refractivity contribution is -0.111. The lowest BCUT2D eigenvalue weighted by Gasteiger charge is -1.94. The third-order valence-electron chi connectivity index (χ3n) is 2.18. The zero-order valence-electron chi connectivity index (χ0n) is 9.55. The second-order valence-corrected chi connectivity index (χ2v) is 3.37. The summed E-state index contributed by atoms with van der Waals surface area (Å²) in [5.41, 5.74) is 0.424. The highest BCUT2D eigenvalue weighted by atomic mass is 16.1. The highest BCUT2D eigenvalue weighted by Gasteiger charge is 2.23. The van der Waals surface area contributed by atoms with Gasteiger partial charge in [0.05, 0.1) is 6.33 Å². The molecule has 0 unspecified atom stereocenters. The van der Waals surface area contributed by atoms with Crippen LogP contribution >= 0.6 is 0 Å². The molecule has 4 rings (SSSR count). The molecule has 2 N–H and O–H groups in total. The third-order valence-corrected chi connectivity index (χ3v) is 2.18. The standard InChI is InChI=1S/C4H3N5O.C4HN5O/c2*10-4-2-3(5-1-6-4)8-9-7-2/h1H,(H2,5,6,7,8,9,10);1H. The van der Waals surface area contributed by atoms with Gasteiger partial charge in [0, 0.05) is 0 Å². The van der Waals surface area contributed by atoms with Gasteiger partial charge >= 0.3 is 5.91 Å². The zero-order chi connectivity index (χ0) is 13.9. The molecule has 0 radical (unpaired) electrons. The van der Waals surface area contributed by atoms with Crippen LogP contribution in [0, 0.1) is 0 Å². The summed E-state index contributed by atoms with van der Waals surface area (Å²) in [5, 5.41) is 19.6. The first-order valence-electron chi connectivity index (χ1n) is 5.13. The van der Waals surface area contributed by atoms with E-state index >= 15 is 0 Å². The van der Waals surface area contributed by atoms with Crippen molar-refractivity contribution in [2.45, 2.75) is 0 Å². The van der Waals surface area contributed by atoms with Crippen LogP contribution in [0.4, 0.5) is 0 Å². The van der Waals surface area contributed by atoms with Gasteiger partial charge in [-0.3, -0.25) is 9.59 Å². The summed E-state index contributed by atoms with van der Waals surface area (Å²) in [6.07, 6.45) is 2.42. The number of aromatic amines is 2. The van der Waals surface area contributed by atoms with Crippen LogP contribution in [0.2, 0.25) is 0 Å². The normalized spacial score (nSPS) is 15.5. The Morgan fingerprint density at radius 2 is 2.05 bits per heavy atom. The van der Waals surface area contributed by atoms with Crippen LogP contribution in [0.3, 0.4) is 0 Å². The molecule has 98 valence electrons. The number of carbonyl (C=O) groups is 1. The maximum absolute atomic E-state index is 10.8. The van der Waals surface area contributed by atoms with Crippen molar-refractivity contribution >= 4 is 35.0 Å². The minimum absolute atomic E-state index is 0.127. The molecule has 2 aromatic heterocycles. The Kier molecular flexibility index (Phi) is 2.72. The molecule has 0 fully saturated rings. The lowest BCUT2D eigenvalue weighted by atomic mass is 10.3. The van der Waals surface area contributed by atoms with Crippen molar-refractivity contribution in [2.24, 2.45) is 25.4 Å². The lowest BCUT2D eigenvalue weighted by Crippen LogP contribution is -2.21. The number of hydrogen-bond donors (Lipinski definition) is 2. The van der Waals surface area contributed by atoms with Gasteiger partial charge in [0.25, 0.3) is 5.56 Å². The molecule has 0 bridgehead atoms. The number of amides is 1. The Balaban J connectivity index is 0.000000121. The molecule has 0 atom stereocenters. The Hall–Kier alpha value is -3.44. The first kappa shape index (κ1) is 11.6. The van der Waals surface area contributed by atoms with Gasteiger partial charge in [-0.25, -0.2) is 9.98 Å². The summed E-state index contributed by atoms with van der Waals surface area (Å²) in [7, 11) is 0. The van der Waals surface area contributed by atoms with Crippen molar-refractivity contribution in [3.05, 3.63) is 16.7 Å². The van der Waals surface area contributed by atoms with Crippen LogP contribution in [-0.4, -0.2) is 49.2 Å². The van der Waals surface area contributed by atoms with Crippen molar-refractivity contribution in [3.63, 3.8) is 0 Å². The Morgan fingerprint density at radius 1 is 1.15 bits per heavy atom. The molecule has 1 amide bonds. The summed E-state index contributed by atoms with van der Waals surface area (Å²) in [6, 6.07) is 0. The van der Waals surface area contributed by atoms with Gasteiger partial charge in [0.1, 0.15) is 6.34 Å². The molecule has 0 aromatic carbocycles. The molecule has 0 saturated heterocycles. The summed E-state index contributed by atoms with van der Waals surface area (Å²) in [6.45, 7) is 0. The molecule has 4 heterocycles. The molecular formula is C8H4N10O2. The smallest absolute Gasteiger partial charge is 0.303 e. The SMILES string of the molecule is O=C1N=CN=C2N=NN=C12.O=c1[nH]cnc2n[nH]nc12. The van der Waals surface area contributed by atoms with Crippen LogP contribution in [-0.2, 0) is 4.79 Å². The first-order valence-corrected chi connectivity index (χ1v) is 5.13. The molecule has 2 aliphatic heterocycles. The number of fused-ring (bicyclic) bond motifs is 2. The predicted molar refractivity (Wildman–Crippen MR) is 65.5 cm³/mol. The van der Waals surface area contributed by atoms with Gasteiger partial charge in [0.2, 0.25) is 17.2 Å². The predicted octanol–water partition coefficient (Wildman–Crippen LogP) is -1.18. The van der Waals surface area contributed by atoms with E-state index in [2.05, 4.69) is 50.8 Å². The average molecular weight is 272 g/mol. The maximum Gasteiger partial charge on any atom is 0.303 e. The Labute approximate surface area is 108 Å². The van der Waals surface area contributed by atoms with E-state index in [9.17, 15) is 9.59 Å². The number of nitrogens with one attached hydrogen (secondary N) is 2. The number of amidine groups is 1. The molecule has 20 heavy (non-hydrogen) atoms. The number of carbonyl (C=O) groups excluding carboxylic acids is 1. The highest BCUT2D eigenvalue weighted by molar-refractivity contribution is 6.69. The van der Waals surface area contributed by atoms with Crippen LogP contribution in [0.25, 0.3) is 11.2 Å². The van der Waals surface area contributed by atoms with Crippen molar-refractivity contribution in [1.29, 1.82) is 0 Å². The van der Waals surface area contributed by atoms with Crippen LogP contribution in [0.5, 0.6) is 0 Å². The zero-order valence-corrected chi connectivity index (χ0v) is 9.55. The fraction of sp³-hybridized carbons (Fsp3) is 0. The van der Waals surface area contributed by atoms with Gasteiger partial charge in [0.15, 0.2) is 5.52 Å². The first-order chi connectivity index (χ1) is 9.75. The monoisotopic (exact) mass is 272 g/mol. The van der Waals surface area contributed by atoms with Gasteiger partial charge in [-0.15, -0.1) is 20.4 Å². The van der Waals surface area contributed by atoms with Crippen molar-refractivity contribution in [3.8, 4) is 0 Å². The van der Waals surface area contributed by atoms with Crippen LogP contribution < -0.4 is 5.56 Å². The number of H-pyrrole nitrogens is 2. The third kappa shape index (κ3) is 2.00. The van der Waals surface area contributed by atoms with Crippen molar-refractivity contribution in [2.75, 3.05) is 0 Å². The van der Waals surface area contributed by atoms with Crippen molar-refractivity contribution < 1.29 is 4.79 Å². The summed E-state index contributed by atoms with van der Waals surface area (Å²) in [5.74, 6) is -0.185. The fourth-order valence-electron chi connectivity index (χ4n) is 1.31. The number of hydrogen-bond acceptors (Lipinski definition) is 9. The fourth-order valence-corrected chi connectivity index (χ4v) is 1.31. The van der Waals surface area contributed by atoms with E-state index in [1.807, 2.05) is 0 Å². The van der Waals surface area contributed by atoms with Gasteiger partial charge in [-0.2, -0.15) is 10.2 Å². The van der Waals surface area contributed by atoms with Crippen molar-refractivity contribution in [1.82, 2.24) is 25.4 Å². The van der Waals surface area contributed by atoms with E-state index in [0.29, 0.717) is 5.65 Å². The number of nitrogens with zero attached hydrogens (tertiary/aromatic N) is 8. The summed E-state index contributed by atoms with van der Waals surface area (Å²) in [4.78, 5) is 34.7. The van der Waals surface area contributed by atoms with E-state index in [-0.39, 0.29) is 22.6 Å². The Morgan fingerprint density at radius 3 is 2.85 bits per heavy atom. The van der Waals surface area contributed by atoms with Gasteiger partial charge in [-0.1, -0.05) is 0 Å². The molecule has 0 aliphatic carbocycles. The molecule has 0 spiro atoms. The van der Waals surface area contributed by atoms with E-state index < -0.39 is 5.91 Å². The van der Waals surface area contributed by atoms with E-state index in [0.717, 1.165) is 6.34 Å². The maximum atomic E-state index is 10.8. The van der Waals surface area contributed by atoms with Gasteiger partial charge in [-0.05, 0) is 5.22 Å². The van der Waals surface area contributed by atoms with E-state index in [1.54, 1.807) is 0 Å². The number of aliphatic imine (C=N–C) groups is 2. The van der Waals surface area contributed by atoms with Crippen LogP contribution in [0.1, 0.15) is 0 Å². The minimum Gasteiger partial charge on any atom is -0.311 e. The van der Waals surface area contributed by atoms with E-state index in [4.69, 9.17) is 0 Å². The molecule has 12 nitrogen and oxygen atoms in total. The number of aromatic nitrogens is 5. The van der Waals surface area contributed by atoms with Gasteiger partial charge < -0.3 is 4.98 Å². The average Bonchev–Trinajstić information content (AvgIpc) is 3.08. The quantitative estimate of drug-likeness (QED) is 0.614.